The summed E-state index contributed by atoms with van der Waals surface area (Å²) < 4.78 is 0. The predicted molar refractivity (Wildman–Crippen MR) is 68.5 cm³/mol. The van der Waals surface area contributed by atoms with E-state index in [1.54, 1.807) is 0 Å². The molecule has 2 aromatic carbocycles. The fraction of sp³-hybridized carbons (Fsp3) is 0.133. The third-order valence-electron chi connectivity index (χ3n) is 3.12. The second kappa shape index (κ2) is 4.06. The van der Waals surface area contributed by atoms with Crippen molar-refractivity contribution >= 4 is 11.5 Å². The molecular weight excluding hydrogens is 210 g/mol. The first-order valence-electron chi connectivity index (χ1n) is 5.81. The second-order valence-corrected chi connectivity index (χ2v) is 4.24. The minimum absolute atomic E-state index is 0.0853. The smallest absolute Gasteiger partial charge is 0.193 e. The van der Waals surface area contributed by atoms with Gasteiger partial charge in [-0.25, -0.2) is 0 Å². The average Bonchev–Trinajstić information content (AvgIpc) is 2.86. The minimum atomic E-state index is 0.0853. The van der Waals surface area contributed by atoms with Crippen molar-refractivity contribution in [2.45, 2.75) is 6.42 Å². The maximum Gasteiger partial charge on any atom is 0.193 e. The summed E-state index contributed by atoms with van der Waals surface area (Å²) in [6.07, 6.45) is 1.05. The van der Waals surface area contributed by atoms with Crippen molar-refractivity contribution in [1.29, 1.82) is 0 Å². The van der Waals surface area contributed by atoms with Crippen LogP contribution < -0.4 is 5.32 Å². The predicted octanol–water partition coefficient (Wildman–Crippen LogP) is 2.89. The summed E-state index contributed by atoms with van der Waals surface area (Å²) in [6.45, 7) is 0.971. The van der Waals surface area contributed by atoms with Crippen molar-refractivity contribution in [3.63, 3.8) is 0 Å². The van der Waals surface area contributed by atoms with Crippen LogP contribution in [0.15, 0.2) is 48.5 Å². The molecule has 3 rings (SSSR count). The highest BCUT2D eigenvalue weighted by Crippen LogP contribution is 2.24. The van der Waals surface area contributed by atoms with Gasteiger partial charge in [0.15, 0.2) is 5.78 Å². The molecule has 1 heterocycles. The second-order valence-electron chi connectivity index (χ2n) is 4.24. The lowest BCUT2D eigenvalue weighted by atomic mass is 10.0. The number of nitrogens with one attached hydrogen (secondary N) is 1. The SMILES string of the molecule is O=C(c1ccccc1)c1ccc2c(c1)NCC2. The van der Waals surface area contributed by atoms with Gasteiger partial charge in [-0.3, -0.25) is 4.79 Å². The largest absolute Gasteiger partial charge is 0.384 e. The van der Waals surface area contributed by atoms with Crippen LogP contribution in [0.4, 0.5) is 5.69 Å². The Labute approximate surface area is 100 Å². The van der Waals surface area contributed by atoms with Crippen molar-refractivity contribution in [1.82, 2.24) is 0 Å². The summed E-state index contributed by atoms with van der Waals surface area (Å²) in [6, 6.07) is 15.3. The van der Waals surface area contributed by atoms with Crippen LogP contribution in [0.2, 0.25) is 0 Å². The third-order valence-corrected chi connectivity index (χ3v) is 3.12. The van der Waals surface area contributed by atoms with Crippen LogP contribution in [-0.4, -0.2) is 12.3 Å². The Kier molecular flexibility index (Phi) is 2.41. The first-order chi connectivity index (χ1) is 8.34. The molecule has 0 unspecified atom stereocenters. The zero-order chi connectivity index (χ0) is 11.7. The van der Waals surface area contributed by atoms with Crippen LogP contribution in [-0.2, 0) is 6.42 Å². The van der Waals surface area contributed by atoms with E-state index < -0.39 is 0 Å². The molecule has 0 aromatic heterocycles. The van der Waals surface area contributed by atoms with Gasteiger partial charge in [0.2, 0.25) is 0 Å². The van der Waals surface area contributed by atoms with Crippen molar-refractivity contribution in [3.8, 4) is 0 Å². The van der Waals surface area contributed by atoms with E-state index in [2.05, 4.69) is 5.32 Å². The molecule has 0 amide bonds. The number of carbonyl (C=O) groups excluding carboxylic acids is 1. The van der Waals surface area contributed by atoms with Crippen molar-refractivity contribution in [2.75, 3.05) is 11.9 Å². The summed E-state index contributed by atoms with van der Waals surface area (Å²) in [5.41, 5.74) is 3.90. The number of anilines is 1. The number of hydrogen-bond acceptors (Lipinski definition) is 2. The van der Waals surface area contributed by atoms with Crippen molar-refractivity contribution in [2.24, 2.45) is 0 Å². The number of rotatable bonds is 2. The monoisotopic (exact) mass is 223 g/mol. The fourth-order valence-corrected chi connectivity index (χ4v) is 2.19. The van der Waals surface area contributed by atoms with Crippen LogP contribution in [0, 0.1) is 0 Å². The number of fused-ring (bicyclic) bond motifs is 1. The Hall–Kier alpha value is -2.09. The molecule has 17 heavy (non-hydrogen) atoms. The van der Waals surface area contributed by atoms with Gasteiger partial charge in [-0.15, -0.1) is 0 Å². The highest BCUT2D eigenvalue weighted by atomic mass is 16.1. The number of carbonyl (C=O) groups is 1. The van der Waals surface area contributed by atoms with Crippen LogP contribution in [0.5, 0.6) is 0 Å². The van der Waals surface area contributed by atoms with Gasteiger partial charge in [-0.1, -0.05) is 42.5 Å². The van der Waals surface area contributed by atoms with E-state index in [1.807, 2.05) is 48.5 Å². The summed E-state index contributed by atoms with van der Waals surface area (Å²) in [5, 5.41) is 3.29. The fourth-order valence-electron chi connectivity index (χ4n) is 2.19. The molecule has 0 spiro atoms. The van der Waals surface area contributed by atoms with Crippen LogP contribution in [0.3, 0.4) is 0 Å². The molecule has 0 bridgehead atoms. The molecule has 1 aliphatic heterocycles. The first-order valence-corrected chi connectivity index (χ1v) is 5.81. The normalized spacial score (nSPS) is 12.9. The van der Waals surface area contributed by atoms with Crippen molar-refractivity contribution < 1.29 is 4.79 Å². The van der Waals surface area contributed by atoms with Gasteiger partial charge < -0.3 is 5.32 Å². The van der Waals surface area contributed by atoms with E-state index in [1.165, 1.54) is 5.56 Å². The Morgan fingerprint density at radius 1 is 1.00 bits per heavy atom. The quantitative estimate of drug-likeness (QED) is 0.793. The summed E-state index contributed by atoms with van der Waals surface area (Å²) in [5.74, 6) is 0.0853. The lowest BCUT2D eigenvalue weighted by Crippen LogP contribution is -2.01. The Balaban J connectivity index is 1.97. The molecule has 1 aliphatic rings. The first kappa shape index (κ1) is 10.1. The Morgan fingerprint density at radius 2 is 1.82 bits per heavy atom. The lowest BCUT2D eigenvalue weighted by Gasteiger charge is -2.04. The zero-order valence-electron chi connectivity index (χ0n) is 9.44. The van der Waals surface area contributed by atoms with Gasteiger partial charge in [0, 0.05) is 23.4 Å². The van der Waals surface area contributed by atoms with Crippen LogP contribution in [0.1, 0.15) is 21.5 Å². The standard InChI is InChI=1S/C15H13NO/c17-15(12-4-2-1-3-5-12)13-7-6-11-8-9-16-14(11)10-13/h1-7,10,16H,8-9H2. The Bertz CT molecular complexity index is 560. The third kappa shape index (κ3) is 1.82. The van der Waals surface area contributed by atoms with E-state index in [0.717, 1.165) is 29.8 Å². The molecule has 2 heteroatoms. The van der Waals surface area contributed by atoms with Gasteiger partial charge in [-0.05, 0) is 18.1 Å². The Morgan fingerprint density at radius 3 is 2.65 bits per heavy atom. The van der Waals surface area contributed by atoms with E-state index in [-0.39, 0.29) is 5.78 Å². The van der Waals surface area contributed by atoms with Crippen LogP contribution >= 0.6 is 0 Å². The topological polar surface area (TPSA) is 29.1 Å². The zero-order valence-corrected chi connectivity index (χ0v) is 9.44. The summed E-state index contributed by atoms with van der Waals surface area (Å²) in [4.78, 5) is 12.2. The maximum absolute atomic E-state index is 12.2. The molecule has 84 valence electrons. The van der Waals surface area contributed by atoms with Gasteiger partial charge in [0.05, 0.1) is 0 Å². The lowest BCUT2D eigenvalue weighted by molar-refractivity contribution is 0.103. The van der Waals surface area contributed by atoms with E-state index in [9.17, 15) is 4.79 Å². The molecule has 0 saturated carbocycles. The average molecular weight is 223 g/mol. The van der Waals surface area contributed by atoms with E-state index in [0.29, 0.717) is 0 Å². The molecule has 0 atom stereocenters. The van der Waals surface area contributed by atoms with Gasteiger partial charge in [0.25, 0.3) is 0 Å². The molecule has 0 saturated heterocycles. The molecular formula is C15H13NO. The number of ketones is 1. The molecule has 2 nitrogen and oxygen atoms in total. The molecule has 1 N–H and O–H groups in total. The molecule has 0 radical (unpaired) electrons. The summed E-state index contributed by atoms with van der Waals surface area (Å²) >= 11 is 0. The molecule has 2 aromatic rings. The number of hydrogen-bond donors (Lipinski definition) is 1. The minimum Gasteiger partial charge on any atom is -0.384 e. The molecule has 0 fully saturated rings. The van der Waals surface area contributed by atoms with E-state index in [4.69, 9.17) is 0 Å². The van der Waals surface area contributed by atoms with Crippen LogP contribution in [0.25, 0.3) is 0 Å². The highest BCUT2D eigenvalue weighted by molar-refractivity contribution is 6.09. The van der Waals surface area contributed by atoms with E-state index >= 15 is 0 Å². The number of benzene rings is 2. The summed E-state index contributed by atoms with van der Waals surface area (Å²) in [7, 11) is 0. The highest BCUT2D eigenvalue weighted by Gasteiger charge is 2.14. The van der Waals surface area contributed by atoms with Gasteiger partial charge >= 0.3 is 0 Å². The maximum atomic E-state index is 12.2. The van der Waals surface area contributed by atoms with Crippen molar-refractivity contribution in [3.05, 3.63) is 65.2 Å². The van der Waals surface area contributed by atoms with Gasteiger partial charge in [-0.2, -0.15) is 0 Å². The van der Waals surface area contributed by atoms with Gasteiger partial charge in [0.1, 0.15) is 0 Å². The molecule has 0 aliphatic carbocycles.